The van der Waals surface area contributed by atoms with Gasteiger partial charge in [-0.25, -0.2) is 9.78 Å². The van der Waals surface area contributed by atoms with E-state index in [0.717, 1.165) is 11.4 Å². The Morgan fingerprint density at radius 2 is 1.92 bits per heavy atom. The van der Waals surface area contributed by atoms with Crippen molar-refractivity contribution < 1.29 is 9.59 Å². The molecule has 0 bridgehead atoms. The first-order chi connectivity index (χ1) is 12.1. The van der Waals surface area contributed by atoms with E-state index in [1.165, 1.54) is 0 Å². The largest absolute Gasteiger partial charge is 0.369 e. The van der Waals surface area contributed by atoms with Gasteiger partial charge in [-0.05, 0) is 18.4 Å². The topological polar surface area (TPSA) is 93.2 Å². The third-order valence-electron chi connectivity index (χ3n) is 4.70. The zero-order valence-corrected chi connectivity index (χ0v) is 14.3. The Morgan fingerprint density at radius 1 is 1.24 bits per heavy atom. The number of aromatic nitrogens is 2. The normalized spacial score (nSPS) is 16.4. The minimum Gasteiger partial charge on any atom is -0.369 e. The molecule has 2 heterocycles. The molecule has 0 radical (unpaired) electrons. The molecule has 1 saturated heterocycles. The minimum absolute atomic E-state index is 0.136. The first-order valence-electron chi connectivity index (χ1n) is 8.43. The van der Waals surface area contributed by atoms with E-state index in [9.17, 15) is 9.59 Å². The molecule has 1 aromatic carbocycles. The van der Waals surface area contributed by atoms with Crippen molar-refractivity contribution in [2.75, 3.05) is 13.1 Å². The summed E-state index contributed by atoms with van der Waals surface area (Å²) in [6.07, 6.45) is 4.80. The van der Waals surface area contributed by atoms with Gasteiger partial charge in [0.05, 0.1) is 0 Å². The number of carbonyl (C=O) groups is 2. The van der Waals surface area contributed by atoms with Crippen LogP contribution in [0.1, 0.15) is 30.3 Å². The van der Waals surface area contributed by atoms with Crippen molar-refractivity contribution in [2.45, 2.75) is 18.9 Å². The van der Waals surface area contributed by atoms with Crippen molar-refractivity contribution in [1.82, 2.24) is 19.8 Å². The fourth-order valence-corrected chi connectivity index (χ4v) is 3.18. The van der Waals surface area contributed by atoms with Gasteiger partial charge in [0, 0.05) is 38.4 Å². The predicted molar refractivity (Wildman–Crippen MR) is 93.5 cm³/mol. The summed E-state index contributed by atoms with van der Waals surface area (Å²) in [5.41, 5.74) is 6.33. The monoisotopic (exact) mass is 341 g/mol. The van der Waals surface area contributed by atoms with Gasteiger partial charge in [0.25, 0.3) is 0 Å². The van der Waals surface area contributed by atoms with Crippen LogP contribution in [-0.2, 0) is 11.8 Å². The van der Waals surface area contributed by atoms with Crippen molar-refractivity contribution >= 4 is 11.9 Å². The molecule has 1 atom stereocenters. The van der Waals surface area contributed by atoms with Crippen LogP contribution in [0.4, 0.5) is 4.79 Å². The molecule has 7 nitrogen and oxygen atoms in total. The number of aryl methyl sites for hydroxylation is 1. The second-order valence-electron chi connectivity index (χ2n) is 6.35. The van der Waals surface area contributed by atoms with E-state index in [1.54, 1.807) is 11.1 Å². The van der Waals surface area contributed by atoms with Crippen LogP contribution in [0, 0.1) is 5.92 Å². The molecule has 2 aromatic rings. The number of amides is 3. The summed E-state index contributed by atoms with van der Waals surface area (Å²) < 4.78 is 1.90. The maximum Gasteiger partial charge on any atom is 0.318 e. The van der Waals surface area contributed by atoms with Crippen LogP contribution >= 0.6 is 0 Å². The quantitative estimate of drug-likeness (QED) is 0.880. The van der Waals surface area contributed by atoms with Crippen LogP contribution in [0.3, 0.4) is 0 Å². The molecule has 0 aliphatic carbocycles. The average Bonchev–Trinajstić information content (AvgIpc) is 3.06. The lowest BCUT2D eigenvalue weighted by molar-refractivity contribution is -0.123. The van der Waals surface area contributed by atoms with Crippen molar-refractivity contribution in [3.8, 4) is 0 Å². The summed E-state index contributed by atoms with van der Waals surface area (Å²) in [4.78, 5) is 30.1. The number of rotatable bonds is 4. The second-order valence-corrected chi connectivity index (χ2v) is 6.35. The maximum atomic E-state index is 12.7. The summed E-state index contributed by atoms with van der Waals surface area (Å²) in [6, 6.07) is 9.28. The summed E-state index contributed by atoms with van der Waals surface area (Å²) in [7, 11) is 1.91. The van der Waals surface area contributed by atoms with Crippen LogP contribution in [-0.4, -0.2) is 39.5 Å². The van der Waals surface area contributed by atoms with E-state index in [2.05, 4.69) is 10.3 Å². The van der Waals surface area contributed by atoms with Crippen molar-refractivity contribution in [3.05, 3.63) is 54.1 Å². The van der Waals surface area contributed by atoms with Crippen LogP contribution in [0.15, 0.2) is 42.7 Å². The lowest BCUT2D eigenvalue weighted by Gasteiger charge is -2.32. The highest BCUT2D eigenvalue weighted by Crippen LogP contribution is 2.22. The molecule has 1 fully saturated rings. The van der Waals surface area contributed by atoms with E-state index in [-0.39, 0.29) is 23.9 Å². The number of nitrogens with zero attached hydrogens (tertiary/aromatic N) is 3. The van der Waals surface area contributed by atoms with Gasteiger partial charge in [0.1, 0.15) is 11.9 Å². The first kappa shape index (κ1) is 17.0. The van der Waals surface area contributed by atoms with Gasteiger partial charge in [-0.15, -0.1) is 0 Å². The number of benzene rings is 1. The molecule has 1 aliphatic rings. The number of carbonyl (C=O) groups excluding carboxylic acids is 2. The molecule has 7 heteroatoms. The zero-order valence-electron chi connectivity index (χ0n) is 14.3. The van der Waals surface area contributed by atoms with Crippen molar-refractivity contribution in [3.63, 3.8) is 0 Å². The van der Waals surface area contributed by atoms with Crippen LogP contribution in [0.25, 0.3) is 0 Å². The Labute approximate surface area is 146 Å². The van der Waals surface area contributed by atoms with Crippen LogP contribution in [0.5, 0.6) is 0 Å². The molecular weight excluding hydrogens is 318 g/mol. The summed E-state index contributed by atoms with van der Waals surface area (Å²) in [5, 5.41) is 3.08. The molecule has 3 amide bonds. The fraction of sp³-hybridized carbons (Fsp3) is 0.389. The Balaban J connectivity index is 1.74. The number of nitrogens with one attached hydrogen (secondary N) is 1. The number of primary amides is 1. The van der Waals surface area contributed by atoms with E-state index >= 15 is 0 Å². The standard InChI is InChI=1S/C18H23N5O2/c1-22-12-9-20-17(22)15(13-5-3-2-4-6-13)21-18(25)23-10-7-14(8-11-23)16(19)24/h2-6,9,12,14-15H,7-8,10-11H2,1H3,(H2,19,24)(H,21,25). The Hall–Kier alpha value is -2.83. The highest BCUT2D eigenvalue weighted by molar-refractivity contribution is 5.78. The lowest BCUT2D eigenvalue weighted by Crippen LogP contribution is -2.47. The number of urea groups is 1. The predicted octanol–water partition coefficient (Wildman–Crippen LogP) is 1.42. The highest BCUT2D eigenvalue weighted by Gasteiger charge is 2.28. The third kappa shape index (κ3) is 3.81. The molecule has 25 heavy (non-hydrogen) atoms. The fourth-order valence-electron chi connectivity index (χ4n) is 3.18. The van der Waals surface area contributed by atoms with Gasteiger partial charge in [0.2, 0.25) is 5.91 Å². The number of hydrogen-bond donors (Lipinski definition) is 2. The molecule has 3 rings (SSSR count). The summed E-state index contributed by atoms with van der Waals surface area (Å²) in [5.74, 6) is 0.352. The molecule has 132 valence electrons. The SMILES string of the molecule is Cn1ccnc1C(NC(=O)N1CCC(C(N)=O)CC1)c1ccccc1. The minimum atomic E-state index is -0.331. The average molecular weight is 341 g/mol. The van der Waals surface area contributed by atoms with E-state index in [0.29, 0.717) is 25.9 Å². The molecule has 0 saturated carbocycles. The van der Waals surface area contributed by atoms with E-state index in [1.807, 2.05) is 48.1 Å². The lowest BCUT2D eigenvalue weighted by atomic mass is 9.96. The van der Waals surface area contributed by atoms with Crippen LogP contribution in [0.2, 0.25) is 0 Å². The van der Waals surface area contributed by atoms with Crippen molar-refractivity contribution in [1.29, 1.82) is 0 Å². The molecule has 1 unspecified atom stereocenters. The van der Waals surface area contributed by atoms with Gasteiger partial charge in [-0.2, -0.15) is 0 Å². The highest BCUT2D eigenvalue weighted by atomic mass is 16.2. The number of piperidine rings is 1. The number of nitrogens with two attached hydrogens (primary N) is 1. The van der Waals surface area contributed by atoms with Crippen LogP contribution < -0.4 is 11.1 Å². The molecule has 1 aromatic heterocycles. The first-order valence-corrected chi connectivity index (χ1v) is 8.43. The van der Waals surface area contributed by atoms with Gasteiger partial charge < -0.3 is 20.5 Å². The van der Waals surface area contributed by atoms with Crippen molar-refractivity contribution in [2.24, 2.45) is 18.7 Å². The van der Waals surface area contributed by atoms with Gasteiger partial charge in [-0.1, -0.05) is 30.3 Å². The molecule has 3 N–H and O–H groups in total. The number of hydrogen-bond acceptors (Lipinski definition) is 3. The van der Waals surface area contributed by atoms with Gasteiger partial charge >= 0.3 is 6.03 Å². The third-order valence-corrected chi connectivity index (χ3v) is 4.70. The zero-order chi connectivity index (χ0) is 17.8. The number of imidazole rings is 1. The smallest absolute Gasteiger partial charge is 0.318 e. The number of likely N-dealkylation sites (tertiary alicyclic amines) is 1. The second kappa shape index (κ2) is 7.38. The van der Waals surface area contributed by atoms with Gasteiger partial charge in [-0.3, -0.25) is 4.79 Å². The Bertz CT molecular complexity index is 735. The molecule has 0 spiro atoms. The summed E-state index contributed by atoms with van der Waals surface area (Å²) in [6.45, 7) is 1.06. The summed E-state index contributed by atoms with van der Waals surface area (Å²) >= 11 is 0. The maximum absolute atomic E-state index is 12.7. The van der Waals surface area contributed by atoms with E-state index in [4.69, 9.17) is 5.73 Å². The Morgan fingerprint density at radius 3 is 2.48 bits per heavy atom. The van der Waals surface area contributed by atoms with Gasteiger partial charge in [0.15, 0.2) is 0 Å². The molecule has 1 aliphatic heterocycles. The van der Waals surface area contributed by atoms with E-state index < -0.39 is 0 Å². The Kier molecular flexibility index (Phi) is 5.02. The molecular formula is C18H23N5O2.